The van der Waals surface area contributed by atoms with Crippen LogP contribution in [0.2, 0.25) is 0 Å². The van der Waals surface area contributed by atoms with Gasteiger partial charge in [0.1, 0.15) is 6.20 Å². The van der Waals surface area contributed by atoms with Gasteiger partial charge in [-0.15, -0.1) is 0 Å². The Kier molecular flexibility index (Phi) is 3.04. The standard InChI is InChI=1S/C4H8N2.BrH/c1-6-3-2-5-4-6;/h2-3,5H,4H2,1H3;1H. The van der Waals surface area contributed by atoms with Crippen LogP contribution >= 0.6 is 0 Å². The molecule has 1 aliphatic heterocycles. The number of hydrogen-bond donors (Lipinski definition) is 1. The van der Waals surface area contributed by atoms with E-state index in [1.807, 2.05) is 0 Å². The van der Waals surface area contributed by atoms with Crippen LogP contribution in [0.25, 0.3) is 0 Å². The van der Waals surface area contributed by atoms with Crippen LogP contribution in [0.1, 0.15) is 0 Å². The fourth-order valence-electron chi connectivity index (χ4n) is 0.496. The molecule has 0 saturated heterocycles. The van der Waals surface area contributed by atoms with Crippen molar-refractivity contribution < 1.29 is 22.3 Å². The summed E-state index contributed by atoms with van der Waals surface area (Å²) in [6.07, 6.45) is 4.11. The Bertz CT molecular complexity index is 72.1. The van der Waals surface area contributed by atoms with Crippen LogP contribution in [0, 0.1) is 0 Å². The fourth-order valence-corrected chi connectivity index (χ4v) is 0.496. The Morgan fingerprint density at radius 1 is 1.71 bits per heavy atom. The third kappa shape index (κ3) is 1.94. The highest BCUT2D eigenvalue weighted by Gasteiger charge is 1.95. The summed E-state index contributed by atoms with van der Waals surface area (Å²) in [5, 5.41) is 2.12. The molecule has 0 aromatic rings. The van der Waals surface area contributed by atoms with Crippen molar-refractivity contribution in [3.63, 3.8) is 0 Å². The highest BCUT2D eigenvalue weighted by Crippen LogP contribution is 1.77. The zero-order chi connectivity index (χ0) is 4.41. The number of quaternary nitrogens is 1. The molecule has 2 N–H and O–H groups in total. The molecular weight excluding hydrogens is 156 g/mol. The highest BCUT2D eigenvalue weighted by molar-refractivity contribution is 4.71. The second-order valence-corrected chi connectivity index (χ2v) is 1.52. The van der Waals surface area contributed by atoms with Crippen LogP contribution in [0.4, 0.5) is 0 Å². The van der Waals surface area contributed by atoms with Gasteiger partial charge in [0, 0.05) is 7.05 Å². The summed E-state index contributed by atoms with van der Waals surface area (Å²) >= 11 is 0. The molecule has 0 spiro atoms. The van der Waals surface area contributed by atoms with Gasteiger partial charge < -0.3 is 27.2 Å². The van der Waals surface area contributed by atoms with E-state index in [2.05, 4.69) is 29.7 Å². The van der Waals surface area contributed by atoms with E-state index in [4.69, 9.17) is 0 Å². The van der Waals surface area contributed by atoms with E-state index >= 15 is 0 Å². The third-order valence-corrected chi connectivity index (χ3v) is 0.870. The summed E-state index contributed by atoms with van der Waals surface area (Å²) in [5.74, 6) is 0. The average Bonchev–Trinajstić information content (AvgIpc) is 1.86. The van der Waals surface area contributed by atoms with Crippen molar-refractivity contribution in [2.24, 2.45) is 0 Å². The normalized spacial score (nSPS) is 17.0. The minimum absolute atomic E-state index is 0. The van der Waals surface area contributed by atoms with Crippen molar-refractivity contribution in [2.75, 3.05) is 13.7 Å². The van der Waals surface area contributed by atoms with Crippen LogP contribution < -0.4 is 22.3 Å². The van der Waals surface area contributed by atoms with Crippen molar-refractivity contribution in [1.82, 2.24) is 4.90 Å². The molecule has 0 amide bonds. The van der Waals surface area contributed by atoms with Gasteiger partial charge in [-0.1, -0.05) is 0 Å². The summed E-state index contributed by atoms with van der Waals surface area (Å²) in [7, 11) is 2.06. The predicted octanol–water partition coefficient (Wildman–Crippen LogP) is -4.07. The Balaban J connectivity index is 0.000000360. The van der Waals surface area contributed by atoms with Crippen molar-refractivity contribution in [1.29, 1.82) is 0 Å². The molecule has 7 heavy (non-hydrogen) atoms. The number of nitrogens with zero attached hydrogens (tertiary/aromatic N) is 1. The molecule has 0 radical (unpaired) electrons. The topological polar surface area (TPSA) is 19.9 Å². The Hall–Kier alpha value is -0.0200. The van der Waals surface area contributed by atoms with Gasteiger partial charge in [-0.25, -0.2) is 0 Å². The lowest BCUT2D eigenvalue weighted by Crippen LogP contribution is -3.00. The lowest BCUT2D eigenvalue weighted by Gasteiger charge is -1.98. The Labute approximate surface area is 54.0 Å². The monoisotopic (exact) mass is 164 g/mol. The van der Waals surface area contributed by atoms with E-state index in [0.717, 1.165) is 6.67 Å². The van der Waals surface area contributed by atoms with Crippen molar-refractivity contribution in [2.45, 2.75) is 0 Å². The molecule has 0 aliphatic carbocycles. The van der Waals surface area contributed by atoms with Gasteiger partial charge in [0.2, 0.25) is 0 Å². The van der Waals surface area contributed by atoms with Gasteiger partial charge in [0.15, 0.2) is 6.67 Å². The molecule has 3 heteroatoms. The number of hydrogen-bond acceptors (Lipinski definition) is 1. The molecule has 0 bridgehead atoms. The molecule has 0 aromatic carbocycles. The third-order valence-electron chi connectivity index (χ3n) is 0.870. The minimum Gasteiger partial charge on any atom is -1.00 e. The molecule has 42 valence electrons. The maximum Gasteiger partial charge on any atom is 0.155 e. The van der Waals surface area contributed by atoms with Gasteiger partial charge in [-0.2, -0.15) is 0 Å². The molecule has 2 nitrogen and oxygen atoms in total. The maximum absolute atomic E-state index is 2.12. The predicted molar refractivity (Wildman–Crippen MR) is 23.7 cm³/mol. The van der Waals surface area contributed by atoms with E-state index in [-0.39, 0.29) is 17.0 Å². The van der Waals surface area contributed by atoms with Crippen molar-refractivity contribution >= 4 is 0 Å². The Morgan fingerprint density at radius 3 is 2.57 bits per heavy atom. The summed E-state index contributed by atoms with van der Waals surface area (Å²) in [4.78, 5) is 2.12. The molecule has 0 aromatic heterocycles. The minimum atomic E-state index is 0. The van der Waals surface area contributed by atoms with Crippen LogP contribution in [0.15, 0.2) is 12.4 Å². The van der Waals surface area contributed by atoms with E-state index in [9.17, 15) is 0 Å². The second-order valence-electron chi connectivity index (χ2n) is 1.52. The lowest BCUT2D eigenvalue weighted by atomic mass is 10.9. The first-order chi connectivity index (χ1) is 2.89. The number of rotatable bonds is 0. The zero-order valence-electron chi connectivity index (χ0n) is 4.26. The van der Waals surface area contributed by atoms with Gasteiger partial charge in [-0.05, 0) is 0 Å². The van der Waals surface area contributed by atoms with Crippen LogP contribution in [0.3, 0.4) is 0 Å². The van der Waals surface area contributed by atoms with E-state index in [1.165, 1.54) is 0 Å². The summed E-state index contributed by atoms with van der Waals surface area (Å²) < 4.78 is 0. The highest BCUT2D eigenvalue weighted by atomic mass is 79.9. The molecule has 0 atom stereocenters. The zero-order valence-corrected chi connectivity index (χ0v) is 5.85. The molecular formula is C4H9BrN2. The first-order valence-corrected chi connectivity index (χ1v) is 2.10. The van der Waals surface area contributed by atoms with Crippen LogP contribution in [0.5, 0.6) is 0 Å². The van der Waals surface area contributed by atoms with Crippen LogP contribution in [-0.4, -0.2) is 18.6 Å². The van der Waals surface area contributed by atoms with Gasteiger partial charge >= 0.3 is 0 Å². The van der Waals surface area contributed by atoms with Gasteiger partial charge in [0.05, 0.1) is 6.20 Å². The largest absolute Gasteiger partial charge is 1.00 e. The van der Waals surface area contributed by atoms with Crippen molar-refractivity contribution in [3.8, 4) is 0 Å². The van der Waals surface area contributed by atoms with E-state index in [0.29, 0.717) is 0 Å². The summed E-state index contributed by atoms with van der Waals surface area (Å²) in [5.41, 5.74) is 0. The number of nitrogens with two attached hydrogens (primary N) is 1. The smallest absolute Gasteiger partial charge is 0.155 e. The second kappa shape index (κ2) is 3.04. The average molecular weight is 165 g/mol. The first kappa shape index (κ1) is 6.98. The summed E-state index contributed by atoms with van der Waals surface area (Å²) in [6.45, 7) is 1.08. The van der Waals surface area contributed by atoms with Crippen LogP contribution in [-0.2, 0) is 0 Å². The van der Waals surface area contributed by atoms with Crippen molar-refractivity contribution in [3.05, 3.63) is 12.4 Å². The van der Waals surface area contributed by atoms with Gasteiger partial charge in [0.25, 0.3) is 0 Å². The quantitative estimate of drug-likeness (QED) is 0.387. The summed E-state index contributed by atoms with van der Waals surface area (Å²) in [6, 6.07) is 0. The lowest BCUT2D eigenvalue weighted by molar-refractivity contribution is -0.591. The van der Waals surface area contributed by atoms with E-state index in [1.54, 1.807) is 0 Å². The SMILES string of the molecule is CN1C=C[NH2+]C1.[Br-]. The van der Waals surface area contributed by atoms with Gasteiger partial charge in [-0.3, -0.25) is 0 Å². The Morgan fingerprint density at radius 2 is 2.43 bits per heavy atom. The molecule has 1 rings (SSSR count). The molecule has 0 fully saturated rings. The maximum atomic E-state index is 2.12. The fraction of sp³-hybridized carbons (Fsp3) is 0.500. The first-order valence-electron chi connectivity index (χ1n) is 2.10. The van der Waals surface area contributed by atoms with E-state index < -0.39 is 0 Å². The molecule has 1 aliphatic rings. The molecule has 0 unspecified atom stereocenters. The molecule has 1 heterocycles. The molecule has 0 saturated carbocycles. The number of halogens is 1.